The van der Waals surface area contributed by atoms with Crippen molar-refractivity contribution in [2.24, 2.45) is 11.3 Å². The third-order valence-corrected chi connectivity index (χ3v) is 7.18. The Kier molecular flexibility index (Phi) is 7.38. The van der Waals surface area contributed by atoms with Crippen LogP contribution < -0.4 is 10.6 Å². The Morgan fingerprint density at radius 1 is 1.21 bits per heavy atom. The molecule has 0 aromatic heterocycles. The van der Waals surface area contributed by atoms with Gasteiger partial charge in [0.1, 0.15) is 0 Å². The predicted octanol–water partition coefficient (Wildman–Crippen LogP) is 4.91. The Labute approximate surface area is 177 Å². The fourth-order valence-corrected chi connectivity index (χ4v) is 5.18. The molecule has 1 aliphatic carbocycles. The molecular formula is C23H32N2O3S. The monoisotopic (exact) mass is 416 g/mol. The zero-order chi connectivity index (χ0) is 20.9. The van der Waals surface area contributed by atoms with E-state index in [0.29, 0.717) is 24.4 Å². The van der Waals surface area contributed by atoms with Gasteiger partial charge in [-0.25, -0.2) is 0 Å². The summed E-state index contributed by atoms with van der Waals surface area (Å²) in [7, 11) is 0. The highest BCUT2D eigenvalue weighted by molar-refractivity contribution is 8.14. The van der Waals surface area contributed by atoms with Crippen molar-refractivity contribution in [1.82, 2.24) is 5.32 Å². The maximum atomic E-state index is 13.4. The van der Waals surface area contributed by atoms with Crippen molar-refractivity contribution in [2.75, 3.05) is 5.32 Å². The van der Waals surface area contributed by atoms with Crippen LogP contribution in [0.1, 0.15) is 71.6 Å². The molecule has 0 radical (unpaired) electrons. The molecule has 6 heteroatoms. The Hall–Kier alpha value is -1.82. The number of thioether (sulfide) groups is 1. The van der Waals surface area contributed by atoms with E-state index in [-0.39, 0.29) is 22.3 Å². The summed E-state index contributed by atoms with van der Waals surface area (Å²) < 4.78 is 0. The van der Waals surface area contributed by atoms with Gasteiger partial charge in [-0.1, -0.05) is 45.2 Å². The van der Waals surface area contributed by atoms with Crippen molar-refractivity contribution in [3.63, 3.8) is 0 Å². The van der Waals surface area contributed by atoms with Crippen LogP contribution in [0.25, 0.3) is 0 Å². The summed E-state index contributed by atoms with van der Waals surface area (Å²) in [6.07, 6.45) is 8.17. The molecule has 1 atom stereocenters. The summed E-state index contributed by atoms with van der Waals surface area (Å²) in [6, 6.07) is 7.03. The number of hydrogen-bond donors (Lipinski definition) is 2. The van der Waals surface area contributed by atoms with Crippen LogP contribution in [-0.4, -0.2) is 23.0 Å². The molecule has 1 aromatic carbocycles. The lowest BCUT2D eigenvalue weighted by molar-refractivity contribution is -0.128. The first kappa shape index (κ1) is 21.9. The Morgan fingerprint density at radius 3 is 2.59 bits per heavy atom. The van der Waals surface area contributed by atoms with E-state index in [2.05, 4.69) is 24.5 Å². The number of benzene rings is 1. The number of anilines is 1. The lowest BCUT2D eigenvalue weighted by Crippen LogP contribution is -2.38. The molecule has 0 spiro atoms. The number of amides is 2. The van der Waals surface area contributed by atoms with Gasteiger partial charge in [0.2, 0.25) is 16.9 Å². The third-order valence-electron chi connectivity index (χ3n) is 6.12. The molecule has 1 saturated heterocycles. The van der Waals surface area contributed by atoms with E-state index in [0.717, 1.165) is 55.2 Å². The van der Waals surface area contributed by atoms with Crippen molar-refractivity contribution in [3.05, 3.63) is 24.3 Å². The smallest absolute Gasteiger partial charge is 0.230 e. The van der Waals surface area contributed by atoms with Gasteiger partial charge in [0.25, 0.3) is 0 Å². The van der Waals surface area contributed by atoms with Gasteiger partial charge in [-0.15, -0.1) is 0 Å². The molecule has 2 N–H and O–H groups in total. The number of rotatable bonds is 7. The van der Waals surface area contributed by atoms with Gasteiger partial charge in [-0.05, 0) is 61.9 Å². The van der Waals surface area contributed by atoms with Crippen LogP contribution in [-0.2, 0) is 14.4 Å². The minimum Gasteiger partial charge on any atom is -0.345 e. The van der Waals surface area contributed by atoms with Crippen molar-refractivity contribution in [1.29, 1.82) is 0 Å². The first-order chi connectivity index (χ1) is 13.9. The van der Waals surface area contributed by atoms with Crippen molar-refractivity contribution in [2.45, 2.75) is 82.6 Å². The number of carbonyl (C=O) groups is 3. The van der Waals surface area contributed by atoms with Crippen LogP contribution in [0, 0.1) is 11.3 Å². The van der Waals surface area contributed by atoms with E-state index in [1.54, 1.807) is 0 Å². The van der Waals surface area contributed by atoms with E-state index in [4.69, 9.17) is 0 Å². The second kappa shape index (κ2) is 9.79. The minimum atomic E-state index is -0.438. The van der Waals surface area contributed by atoms with Crippen LogP contribution >= 0.6 is 11.8 Å². The molecule has 1 saturated carbocycles. The fourth-order valence-electron chi connectivity index (χ4n) is 4.27. The molecular weight excluding hydrogens is 384 g/mol. The molecule has 2 aliphatic rings. The molecule has 0 unspecified atom stereocenters. The predicted molar refractivity (Wildman–Crippen MR) is 117 cm³/mol. The zero-order valence-corrected chi connectivity index (χ0v) is 18.3. The largest absolute Gasteiger partial charge is 0.345 e. The van der Waals surface area contributed by atoms with Crippen LogP contribution in [0.2, 0.25) is 0 Å². The molecule has 2 fully saturated rings. The van der Waals surface area contributed by atoms with Gasteiger partial charge in [0.05, 0.1) is 11.7 Å². The highest BCUT2D eigenvalue weighted by Gasteiger charge is 2.39. The number of hydrogen-bond acceptors (Lipinski definition) is 4. The van der Waals surface area contributed by atoms with Crippen LogP contribution in [0.3, 0.4) is 0 Å². The van der Waals surface area contributed by atoms with Crippen molar-refractivity contribution < 1.29 is 14.4 Å². The molecule has 3 rings (SSSR count). The lowest BCUT2D eigenvalue weighted by atomic mass is 9.69. The second-order valence-electron chi connectivity index (χ2n) is 8.80. The van der Waals surface area contributed by atoms with Crippen LogP contribution in [0.15, 0.2) is 29.2 Å². The molecule has 0 bridgehead atoms. The van der Waals surface area contributed by atoms with Gasteiger partial charge in [0, 0.05) is 16.7 Å². The topological polar surface area (TPSA) is 75.3 Å². The number of para-hydroxylation sites is 1. The number of carbonyl (C=O) groups excluding carboxylic acids is 3. The maximum absolute atomic E-state index is 13.4. The van der Waals surface area contributed by atoms with Gasteiger partial charge >= 0.3 is 0 Å². The summed E-state index contributed by atoms with van der Waals surface area (Å²) in [5, 5.41) is 5.79. The summed E-state index contributed by atoms with van der Waals surface area (Å²) >= 11 is 1.11. The number of nitrogens with one attached hydrogen (secondary N) is 2. The van der Waals surface area contributed by atoms with Crippen molar-refractivity contribution in [3.8, 4) is 0 Å². The average Bonchev–Trinajstić information content (AvgIpc) is 3.15. The molecule has 1 aromatic rings. The second-order valence-corrected chi connectivity index (χ2v) is 9.85. The van der Waals surface area contributed by atoms with Gasteiger partial charge in [-0.3, -0.25) is 14.4 Å². The van der Waals surface area contributed by atoms with Gasteiger partial charge in [-0.2, -0.15) is 0 Å². The fraction of sp³-hybridized carbons (Fsp3) is 0.609. The van der Waals surface area contributed by atoms with Crippen molar-refractivity contribution >= 4 is 34.4 Å². The van der Waals surface area contributed by atoms with E-state index in [1.807, 2.05) is 24.3 Å². The van der Waals surface area contributed by atoms with Gasteiger partial charge in [0.15, 0.2) is 0 Å². The zero-order valence-electron chi connectivity index (χ0n) is 17.5. The summed E-state index contributed by atoms with van der Waals surface area (Å²) in [5.74, 6) is 0.589. The average molecular weight is 417 g/mol. The Morgan fingerprint density at radius 2 is 1.93 bits per heavy atom. The standard InChI is InChI=1S/C23H32N2O3S/c1-16(2)12-15-23(13-6-3-7-14-23)22(28)25-17-8-4-5-9-19(17)29-21(27)18-10-11-20(26)24-18/h4-5,8-9,16,18H,3,6-7,10-15H2,1-2H3,(H,24,26)(H,25,28)/t18-/m0/s1. The highest BCUT2D eigenvalue weighted by Crippen LogP contribution is 2.42. The molecule has 29 heavy (non-hydrogen) atoms. The normalized spacial score (nSPS) is 21.1. The molecule has 158 valence electrons. The summed E-state index contributed by atoms with van der Waals surface area (Å²) in [5.41, 5.74) is 0.388. The van der Waals surface area contributed by atoms with E-state index < -0.39 is 6.04 Å². The first-order valence-electron chi connectivity index (χ1n) is 10.8. The third kappa shape index (κ3) is 5.62. The lowest BCUT2D eigenvalue weighted by Gasteiger charge is -2.36. The minimum absolute atomic E-state index is 0.0741. The van der Waals surface area contributed by atoms with Crippen LogP contribution in [0.5, 0.6) is 0 Å². The highest BCUT2D eigenvalue weighted by atomic mass is 32.2. The molecule has 1 heterocycles. The molecule has 1 aliphatic heterocycles. The molecule has 5 nitrogen and oxygen atoms in total. The van der Waals surface area contributed by atoms with E-state index >= 15 is 0 Å². The van der Waals surface area contributed by atoms with Gasteiger partial charge < -0.3 is 10.6 Å². The maximum Gasteiger partial charge on any atom is 0.230 e. The Bertz CT molecular complexity index is 756. The molecule has 2 amide bonds. The Balaban J connectivity index is 1.72. The van der Waals surface area contributed by atoms with E-state index in [1.165, 1.54) is 6.42 Å². The summed E-state index contributed by atoms with van der Waals surface area (Å²) in [6.45, 7) is 4.40. The van der Waals surface area contributed by atoms with E-state index in [9.17, 15) is 14.4 Å². The SMILES string of the molecule is CC(C)CCC1(C(=O)Nc2ccccc2SC(=O)[C@@H]2CCC(=O)N2)CCCCC1. The quantitative estimate of drug-likeness (QED) is 0.619. The first-order valence-corrected chi connectivity index (χ1v) is 11.6. The van der Waals surface area contributed by atoms with Crippen LogP contribution in [0.4, 0.5) is 5.69 Å². The summed E-state index contributed by atoms with van der Waals surface area (Å²) in [4.78, 5) is 38.1.